The lowest BCUT2D eigenvalue weighted by Crippen LogP contribution is -2.33. The molecule has 0 bridgehead atoms. The quantitative estimate of drug-likeness (QED) is 0.361. The van der Waals surface area contributed by atoms with Gasteiger partial charge in [-0.25, -0.2) is 0 Å². The molecule has 0 saturated carbocycles. The average Bonchev–Trinajstić information content (AvgIpc) is 3.11. The molecular formula is C22H18Cl2N2O2S. The summed E-state index contributed by atoms with van der Waals surface area (Å²) in [6.07, 6.45) is 2.91. The fourth-order valence-corrected chi connectivity index (χ4v) is 3.32. The first kappa shape index (κ1) is 21.1. The molecule has 0 saturated heterocycles. The minimum Gasteiger partial charge on any atom is -0.457 e. The molecule has 3 rings (SSSR count). The number of furan rings is 1. The molecule has 29 heavy (non-hydrogen) atoms. The first-order valence-electron chi connectivity index (χ1n) is 8.74. The van der Waals surface area contributed by atoms with Crippen LogP contribution in [0.25, 0.3) is 17.4 Å². The Bertz CT molecular complexity index is 1110. The van der Waals surface area contributed by atoms with Crippen molar-refractivity contribution in [3.63, 3.8) is 0 Å². The smallest absolute Gasteiger partial charge is 0.250 e. The lowest BCUT2D eigenvalue weighted by molar-refractivity contribution is -0.115. The van der Waals surface area contributed by atoms with Crippen molar-refractivity contribution in [2.75, 3.05) is 5.32 Å². The Kier molecular flexibility index (Phi) is 6.75. The van der Waals surface area contributed by atoms with Gasteiger partial charge in [-0.05, 0) is 79.7 Å². The number of aryl methyl sites for hydroxylation is 2. The van der Waals surface area contributed by atoms with Crippen LogP contribution >= 0.6 is 35.4 Å². The summed E-state index contributed by atoms with van der Waals surface area (Å²) in [5.74, 6) is 0.726. The van der Waals surface area contributed by atoms with Gasteiger partial charge in [0, 0.05) is 22.3 Å². The Hall–Kier alpha value is -2.60. The number of hydrogen-bond acceptors (Lipinski definition) is 3. The first-order chi connectivity index (χ1) is 13.8. The molecule has 2 N–H and O–H groups in total. The summed E-state index contributed by atoms with van der Waals surface area (Å²) in [6.45, 7) is 3.96. The van der Waals surface area contributed by atoms with Gasteiger partial charge in [0.1, 0.15) is 11.5 Å². The molecular weight excluding hydrogens is 427 g/mol. The van der Waals surface area contributed by atoms with Crippen molar-refractivity contribution in [2.45, 2.75) is 13.8 Å². The maximum absolute atomic E-state index is 12.1. The van der Waals surface area contributed by atoms with E-state index in [1.165, 1.54) is 6.08 Å². The van der Waals surface area contributed by atoms with E-state index in [4.69, 9.17) is 39.8 Å². The van der Waals surface area contributed by atoms with Gasteiger partial charge in [0.05, 0.1) is 5.02 Å². The van der Waals surface area contributed by atoms with Crippen LogP contribution in [-0.4, -0.2) is 11.0 Å². The van der Waals surface area contributed by atoms with E-state index in [1.807, 2.05) is 32.0 Å². The predicted molar refractivity (Wildman–Crippen MR) is 123 cm³/mol. The molecule has 0 unspecified atom stereocenters. The Labute approximate surface area is 184 Å². The van der Waals surface area contributed by atoms with Gasteiger partial charge in [0.25, 0.3) is 0 Å². The van der Waals surface area contributed by atoms with E-state index in [-0.39, 0.29) is 11.0 Å². The number of hydrogen-bond donors (Lipinski definition) is 2. The van der Waals surface area contributed by atoms with E-state index in [1.54, 1.807) is 36.4 Å². The fourth-order valence-electron chi connectivity index (χ4n) is 2.61. The zero-order chi connectivity index (χ0) is 21.0. The molecule has 1 aromatic heterocycles. The number of anilines is 1. The number of carbonyl (C=O) groups is 1. The first-order valence-corrected chi connectivity index (χ1v) is 9.91. The number of amides is 1. The average molecular weight is 445 g/mol. The van der Waals surface area contributed by atoms with E-state index in [0.29, 0.717) is 21.6 Å². The zero-order valence-electron chi connectivity index (χ0n) is 15.8. The second-order valence-corrected chi connectivity index (χ2v) is 7.67. The Morgan fingerprint density at radius 1 is 1.07 bits per heavy atom. The third kappa shape index (κ3) is 5.70. The van der Waals surface area contributed by atoms with E-state index >= 15 is 0 Å². The van der Waals surface area contributed by atoms with Crippen LogP contribution in [0.1, 0.15) is 16.9 Å². The zero-order valence-corrected chi connectivity index (χ0v) is 18.1. The molecule has 7 heteroatoms. The molecule has 0 spiro atoms. The summed E-state index contributed by atoms with van der Waals surface area (Å²) < 4.78 is 5.73. The maximum Gasteiger partial charge on any atom is 0.250 e. The minimum absolute atomic E-state index is 0.224. The van der Waals surface area contributed by atoms with Crippen LogP contribution in [0.2, 0.25) is 10.0 Å². The standard InChI is InChI=1S/C22H18Cl2N2O2S/c1-13-3-4-14(2)19(11-13)25-22(29)26-21(27)10-7-16-6-9-20(28-16)17-8-5-15(23)12-18(17)24/h3-12H,1-2H3,(H2,25,26,27,29)/b10-7+. The molecule has 1 amide bonds. The summed E-state index contributed by atoms with van der Waals surface area (Å²) in [6, 6.07) is 14.7. The predicted octanol–water partition coefficient (Wildman–Crippen LogP) is 6.40. The summed E-state index contributed by atoms with van der Waals surface area (Å²) in [7, 11) is 0. The lowest BCUT2D eigenvalue weighted by Gasteiger charge is -2.11. The number of carbonyl (C=O) groups excluding carboxylic acids is 1. The van der Waals surface area contributed by atoms with Crippen molar-refractivity contribution in [3.05, 3.63) is 81.5 Å². The number of benzene rings is 2. The number of halogens is 2. The van der Waals surface area contributed by atoms with Gasteiger partial charge in [-0.2, -0.15) is 0 Å². The molecule has 4 nitrogen and oxygen atoms in total. The van der Waals surface area contributed by atoms with E-state index in [9.17, 15) is 4.79 Å². The maximum atomic E-state index is 12.1. The van der Waals surface area contributed by atoms with Gasteiger partial charge in [-0.1, -0.05) is 35.3 Å². The van der Waals surface area contributed by atoms with Crippen molar-refractivity contribution in [3.8, 4) is 11.3 Å². The number of nitrogens with one attached hydrogen (secondary N) is 2. The van der Waals surface area contributed by atoms with Gasteiger partial charge in [0.2, 0.25) is 5.91 Å². The molecule has 2 aromatic carbocycles. The highest BCUT2D eigenvalue weighted by Crippen LogP contribution is 2.31. The molecule has 1 heterocycles. The van der Waals surface area contributed by atoms with Crippen molar-refractivity contribution in [2.24, 2.45) is 0 Å². The number of thiocarbonyl (C=S) groups is 1. The highest BCUT2D eigenvalue weighted by atomic mass is 35.5. The van der Waals surface area contributed by atoms with Crippen LogP contribution in [0.3, 0.4) is 0 Å². The van der Waals surface area contributed by atoms with Gasteiger partial charge in [-0.3, -0.25) is 10.1 Å². The molecule has 0 aliphatic heterocycles. The van der Waals surface area contributed by atoms with Crippen LogP contribution in [0.5, 0.6) is 0 Å². The Morgan fingerprint density at radius 2 is 1.86 bits per heavy atom. The van der Waals surface area contributed by atoms with Gasteiger partial charge < -0.3 is 9.73 Å². The number of rotatable bonds is 4. The van der Waals surface area contributed by atoms with E-state index in [2.05, 4.69) is 10.6 Å². The van der Waals surface area contributed by atoms with Gasteiger partial charge in [-0.15, -0.1) is 0 Å². The summed E-state index contributed by atoms with van der Waals surface area (Å²) in [5.41, 5.74) is 3.71. The summed E-state index contributed by atoms with van der Waals surface area (Å²) in [4.78, 5) is 12.1. The van der Waals surface area contributed by atoms with Crippen LogP contribution in [0, 0.1) is 13.8 Å². The van der Waals surface area contributed by atoms with Crippen LogP contribution in [0.15, 0.2) is 59.0 Å². The van der Waals surface area contributed by atoms with Crippen molar-refractivity contribution < 1.29 is 9.21 Å². The topological polar surface area (TPSA) is 54.3 Å². The summed E-state index contributed by atoms with van der Waals surface area (Å²) in [5, 5.41) is 6.91. The Balaban J connectivity index is 1.61. The van der Waals surface area contributed by atoms with Gasteiger partial charge >= 0.3 is 0 Å². The summed E-state index contributed by atoms with van der Waals surface area (Å²) >= 11 is 17.3. The van der Waals surface area contributed by atoms with Crippen molar-refractivity contribution in [1.29, 1.82) is 0 Å². The molecule has 3 aromatic rings. The molecule has 0 atom stereocenters. The molecule has 0 aliphatic rings. The van der Waals surface area contributed by atoms with E-state index in [0.717, 1.165) is 22.4 Å². The highest BCUT2D eigenvalue weighted by molar-refractivity contribution is 7.80. The van der Waals surface area contributed by atoms with Crippen LogP contribution < -0.4 is 10.6 Å². The van der Waals surface area contributed by atoms with Gasteiger partial charge in [0.15, 0.2) is 5.11 Å². The van der Waals surface area contributed by atoms with Crippen molar-refractivity contribution in [1.82, 2.24) is 5.32 Å². The third-order valence-electron chi connectivity index (χ3n) is 4.10. The second-order valence-electron chi connectivity index (χ2n) is 6.42. The van der Waals surface area contributed by atoms with Crippen LogP contribution in [0.4, 0.5) is 5.69 Å². The lowest BCUT2D eigenvalue weighted by atomic mass is 10.1. The highest BCUT2D eigenvalue weighted by Gasteiger charge is 2.09. The molecule has 0 aliphatic carbocycles. The molecule has 0 fully saturated rings. The second kappa shape index (κ2) is 9.27. The minimum atomic E-state index is -0.365. The molecule has 148 valence electrons. The largest absolute Gasteiger partial charge is 0.457 e. The fraction of sp³-hybridized carbons (Fsp3) is 0.0909. The SMILES string of the molecule is Cc1ccc(C)c(NC(=S)NC(=O)/C=C/c2ccc(-c3ccc(Cl)cc3Cl)o2)c1. The van der Waals surface area contributed by atoms with Crippen LogP contribution in [-0.2, 0) is 4.79 Å². The normalized spacial score (nSPS) is 10.9. The van der Waals surface area contributed by atoms with Crippen molar-refractivity contribution >= 4 is 58.2 Å². The Morgan fingerprint density at radius 3 is 2.62 bits per heavy atom. The van der Waals surface area contributed by atoms with E-state index < -0.39 is 0 Å². The molecule has 0 radical (unpaired) electrons. The monoisotopic (exact) mass is 444 g/mol. The third-order valence-corrected chi connectivity index (χ3v) is 4.85.